The highest BCUT2D eigenvalue weighted by Gasteiger charge is 2.17. The fourth-order valence-electron chi connectivity index (χ4n) is 1.47. The Hall–Kier alpha value is -0.620. The molecule has 0 amide bonds. The number of hydrogen-bond donors (Lipinski definition) is 2. The smallest absolute Gasteiger partial charge is 0.240 e. The lowest BCUT2D eigenvalue weighted by Gasteiger charge is -2.12. The van der Waals surface area contributed by atoms with E-state index in [1.165, 1.54) is 13.1 Å². The summed E-state index contributed by atoms with van der Waals surface area (Å²) in [5, 5.41) is 3.40. The van der Waals surface area contributed by atoms with E-state index < -0.39 is 10.0 Å². The van der Waals surface area contributed by atoms with E-state index in [1.807, 2.05) is 0 Å². The third kappa shape index (κ3) is 2.74. The van der Waals surface area contributed by atoms with Crippen LogP contribution < -0.4 is 10.0 Å². The van der Waals surface area contributed by atoms with Gasteiger partial charge >= 0.3 is 0 Å². The van der Waals surface area contributed by atoms with Gasteiger partial charge in [0.25, 0.3) is 0 Å². The molecule has 0 unspecified atom stereocenters. The summed E-state index contributed by atoms with van der Waals surface area (Å²) in [7, 11) is -0.274. The van der Waals surface area contributed by atoms with Gasteiger partial charge in [0, 0.05) is 11.6 Å². The van der Waals surface area contributed by atoms with Crippen molar-refractivity contribution in [3.05, 3.63) is 28.3 Å². The van der Waals surface area contributed by atoms with Crippen LogP contribution in [0, 0.1) is 6.92 Å². The van der Waals surface area contributed by atoms with E-state index in [0.29, 0.717) is 17.1 Å². The first-order chi connectivity index (χ1) is 7.42. The summed E-state index contributed by atoms with van der Waals surface area (Å²) in [5.74, 6) is 0. The predicted octanol–water partition coefficient (Wildman–Crippen LogP) is 1.28. The third-order valence-corrected chi connectivity index (χ3v) is 4.12. The van der Waals surface area contributed by atoms with Gasteiger partial charge < -0.3 is 5.32 Å². The van der Waals surface area contributed by atoms with Gasteiger partial charge in [-0.05, 0) is 44.3 Å². The van der Waals surface area contributed by atoms with Crippen LogP contribution in [-0.4, -0.2) is 22.5 Å². The SMILES string of the molecule is CNCc1cc(Cl)cc(S(=O)(=O)NC)c1C. The van der Waals surface area contributed by atoms with Crippen molar-refractivity contribution in [3.8, 4) is 0 Å². The second kappa shape index (κ2) is 5.14. The van der Waals surface area contributed by atoms with Gasteiger partial charge in [0.15, 0.2) is 0 Å². The quantitative estimate of drug-likeness (QED) is 0.859. The standard InChI is InChI=1S/C10H15ClN2O2S/c1-7-8(6-12-2)4-9(11)5-10(7)16(14,15)13-3/h4-5,12-13H,6H2,1-3H3. The van der Waals surface area contributed by atoms with E-state index in [-0.39, 0.29) is 4.90 Å². The number of hydrogen-bond acceptors (Lipinski definition) is 3. The summed E-state index contributed by atoms with van der Waals surface area (Å²) in [6, 6.07) is 3.23. The second-order valence-electron chi connectivity index (χ2n) is 3.43. The average Bonchev–Trinajstić information content (AvgIpc) is 2.23. The molecule has 90 valence electrons. The van der Waals surface area contributed by atoms with Gasteiger partial charge in [-0.3, -0.25) is 0 Å². The summed E-state index contributed by atoms with van der Waals surface area (Å²) in [6.45, 7) is 2.35. The Morgan fingerprint density at radius 1 is 1.31 bits per heavy atom. The first-order valence-electron chi connectivity index (χ1n) is 4.79. The molecule has 16 heavy (non-hydrogen) atoms. The third-order valence-electron chi connectivity index (χ3n) is 2.36. The van der Waals surface area contributed by atoms with E-state index >= 15 is 0 Å². The fourth-order valence-corrected chi connectivity index (χ4v) is 2.81. The summed E-state index contributed by atoms with van der Waals surface area (Å²) < 4.78 is 25.8. The zero-order valence-corrected chi connectivity index (χ0v) is 11.0. The van der Waals surface area contributed by atoms with Crippen molar-refractivity contribution in [3.63, 3.8) is 0 Å². The molecule has 1 rings (SSSR count). The van der Waals surface area contributed by atoms with Crippen molar-refractivity contribution in [2.75, 3.05) is 14.1 Å². The Kier molecular flexibility index (Phi) is 4.32. The van der Waals surface area contributed by atoms with Crippen LogP contribution in [0.25, 0.3) is 0 Å². The molecule has 0 bridgehead atoms. The molecule has 0 aliphatic rings. The number of benzene rings is 1. The molecule has 0 saturated heterocycles. The number of sulfonamides is 1. The zero-order valence-electron chi connectivity index (χ0n) is 9.46. The van der Waals surface area contributed by atoms with Crippen molar-refractivity contribution < 1.29 is 8.42 Å². The summed E-state index contributed by atoms with van der Waals surface area (Å²) in [5.41, 5.74) is 1.59. The van der Waals surface area contributed by atoms with Crippen molar-refractivity contribution in [1.29, 1.82) is 0 Å². The van der Waals surface area contributed by atoms with Crippen molar-refractivity contribution in [2.45, 2.75) is 18.4 Å². The highest BCUT2D eigenvalue weighted by molar-refractivity contribution is 7.89. The molecule has 6 heteroatoms. The summed E-state index contributed by atoms with van der Waals surface area (Å²) >= 11 is 5.90. The molecule has 0 heterocycles. The molecule has 0 radical (unpaired) electrons. The molecule has 1 aromatic rings. The van der Waals surface area contributed by atoms with Crippen LogP contribution in [0.5, 0.6) is 0 Å². The fraction of sp³-hybridized carbons (Fsp3) is 0.400. The molecular weight excluding hydrogens is 248 g/mol. The number of rotatable bonds is 4. The highest BCUT2D eigenvalue weighted by Crippen LogP contribution is 2.24. The van der Waals surface area contributed by atoms with E-state index in [1.54, 1.807) is 20.0 Å². The van der Waals surface area contributed by atoms with Gasteiger partial charge in [0.05, 0.1) is 4.90 Å². The minimum absolute atomic E-state index is 0.229. The van der Waals surface area contributed by atoms with Gasteiger partial charge in [-0.1, -0.05) is 11.6 Å². The maximum Gasteiger partial charge on any atom is 0.240 e. The second-order valence-corrected chi connectivity index (χ2v) is 5.72. The first kappa shape index (κ1) is 13.4. The molecule has 0 saturated carbocycles. The molecule has 0 aromatic heterocycles. The van der Waals surface area contributed by atoms with Gasteiger partial charge in [-0.2, -0.15) is 0 Å². The first-order valence-corrected chi connectivity index (χ1v) is 6.65. The molecule has 0 aliphatic carbocycles. The topological polar surface area (TPSA) is 58.2 Å². The Balaban J connectivity index is 3.41. The van der Waals surface area contributed by atoms with E-state index in [4.69, 9.17) is 11.6 Å². The van der Waals surface area contributed by atoms with Gasteiger partial charge in [-0.25, -0.2) is 13.1 Å². The Bertz CT molecular complexity index is 486. The lowest BCUT2D eigenvalue weighted by atomic mass is 10.1. The van der Waals surface area contributed by atoms with Gasteiger partial charge in [0.1, 0.15) is 0 Å². The Morgan fingerprint density at radius 2 is 1.94 bits per heavy atom. The number of nitrogens with one attached hydrogen (secondary N) is 2. The summed E-state index contributed by atoms with van der Waals surface area (Å²) in [6.07, 6.45) is 0. The van der Waals surface area contributed by atoms with E-state index in [9.17, 15) is 8.42 Å². The maximum atomic E-state index is 11.7. The van der Waals surface area contributed by atoms with Crippen LogP contribution in [0.1, 0.15) is 11.1 Å². The molecule has 0 atom stereocenters. The predicted molar refractivity (Wildman–Crippen MR) is 65.2 cm³/mol. The molecule has 4 nitrogen and oxygen atoms in total. The minimum atomic E-state index is -3.45. The Labute approximate surface area is 101 Å². The van der Waals surface area contributed by atoms with Gasteiger partial charge in [-0.15, -0.1) is 0 Å². The lowest BCUT2D eigenvalue weighted by molar-refractivity contribution is 0.587. The Morgan fingerprint density at radius 3 is 2.44 bits per heavy atom. The molecule has 0 aliphatic heterocycles. The van der Waals surface area contributed by atoms with Gasteiger partial charge in [0.2, 0.25) is 10.0 Å². The minimum Gasteiger partial charge on any atom is -0.316 e. The van der Waals surface area contributed by atoms with Crippen LogP contribution in [0.15, 0.2) is 17.0 Å². The summed E-state index contributed by atoms with van der Waals surface area (Å²) in [4.78, 5) is 0.229. The molecule has 0 spiro atoms. The molecule has 1 aromatic carbocycles. The zero-order chi connectivity index (χ0) is 12.3. The normalized spacial score (nSPS) is 11.8. The van der Waals surface area contributed by atoms with E-state index in [2.05, 4.69) is 10.0 Å². The van der Waals surface area contributed by atoms with Crippen LogP contribution in [0.2, 0.25) is 5.02 Å². The van der Waals surface area contributed by atoms with Crippen molar-refractivity contribution >= 4 is 21.6 Å². The molecular formula is C10H15ClN2O2S. The molecule has 0 fully saturated rings. The van der Waals surface area contributed by atoms with Crippen molar-refractivity contribution in [1.82, 2.24) is 10.0 Å². The molecule has 2 N–H and O–H groups in total. The van der Waals surface area contributed by atoms with E-state index in [0.717, 1.165) is 5.56 Å². The number of halogens is 1. The van der Waals surface area contributed by atoms with Crippen molar-refractivity contribution in [2.24, 2.45) is 0 Å². The maximum absolute atomic E-state index is 11.7. The average molecular weight is 263 g/mol. The van der Waals surface area contributed by atoms with Crippen LogP contribution >= 0.6 is 11.6 Å². The largest absolute Gasteiger partial charge is 0.316 e. The monoisotopic (exact) mass is 262 g/mol. The van der Waals surface area contributed by atoms with Crippen LogP contribution in [-0.2, 0) is 16.6 Å². The van der Waals surface area contributed by atoms with Crippen LogP contribution in [0.4, 0.5) is 0 Å². The lowest BCUT2D eigenvalue weighted by Crippen LogP contribution is -2.20. The van der Waals surface area contributed by atoms with Crippen LogP contribution in [0.3, 0.4) is 0 Å². The highest BCUT2D eigenvalue weighted by atomic mass is 35.5.